The van der Waals surface area contributed by atoms with E-state index in [0.29, 0.717) is 33.6 Å². The summed E-state index contributed by atoms with van der Waals surface area (Å²) in [5.74, 6) is -2.00. The Morgan fingerprint density at radius 2 is 0.602 bits per heavy atom. The van der Waals surface area contributed by atoms with E-state index in [4.69, 9.17) is 0 Å². The number of benzene rings is 12. The number of aliphatic hydroxyl groups excluding tert-OH is 2. The van der Waals surface area contributed by atoms with Crippen molar-refractivity contribution in [2.45, 2.75) is 142 Å². The minimum Gasteiger partial charge on any atom is -0.474 e. The maximum Gasteiger partial charge on any atom is 0.338 e. The lowest BCUT2D eigenvalue weighted by Crippen LogP contribution is -2.69. The molecule has 0 aliphatic carbocycles. The molecular formula is C99H99N3O6. The molecule has 0 fully saturated rings. The van der Waals surface area contributed by atoms with Crippen molar-refractivity contribution in [1.29, 1.82) is 0 Å². The highest BCUT2D eigenvalue weighted by atomic mass is 16.5. The zero-order chi connectivity index (χ0) is 76.1. The third-order valence-corrected chi connectivity index (χ3v) is 22.9. The quantitative estimate of drug-likeness (QED) is 0.0589. The van der Waals surface area contributed by atoms with Gasteiger partial charge in [0.05, 0.1) is 25.8 Å². The molecule has 9 nitrogen and oxygen atoms in total. The Bertz CT molecular complexity index is 5330. The Hall–Kier alpha value is -11.2. The number of rotatable bonds is 25. The average Bonchev–Trinajstić information content (AvgIpc) is 0.663. The summed E-state index contributed by atoms with van der Waals surface area (Å²) in [7, 11) is 0. The molecule has 7 atom stereocenters. The molecule has 0 aliphatic heterocycles. The molecule has 0 saturated heterocycles. The van der Waals surface area contributed by atoms with Gasteiger partial charge in [0.2, 0.25) is 0 Å². The zero-order valence-corrected chi connectivity index (χ0v) is 64.2. The van der Waals surface area contributed by atoms with Gasteiger partial charge in [0, 0.05) is 52.2 Å². The topological polar surface area (TPSA) is 116 Å². The minimum absolute atomic E-state index is 0.319. The highest BCUT2D eigenvalue weighted by Crippen LogP contribution is 2.61. The highest BCUT2D eigenvalue weighted by Gasteiger charge is 2.65. The van der Waals surface area contributed by atoms with E-state index in [1.54, 1.807) is 0 Å². The summed E-state index contributed by atoms with van der Waals surface area (Å²) in [6.07, 6.45) is 0. The third kappa shape index (κ3) is 14.0. The van der Waals surface area contributed by atoms with E-state index >= 15 is 14.4 Å². The number of hydrogen-bond acceptors (Lipinski definition) is 6. The third-order valence-electron chi connectivity index (χ3n) is 22.9. The van der Waals surface area contributed by atoms with Gasteiger partial charge < -0.3 is 14.9 Å². The summed E-state index contributed by atoms with van der Waals surface area (Å²) in [5, 5.41) is 24.6. The number of aromatic nitrogens is 3. The van der Waals surface area contributed by atoms with Crippen LogP contribution < -0.4 is 21.8 Å². The molecule has 1 aromatic heterocycles. The van der Waals surface area contributed by atoms with Gasteiger partial charge in [-0.2, -0.15) is 0 Å². The number of nitrogens with zero attached hydrogens (tertiary/aromatic N) is 3. The Labute approximate surface area is 636 Å². The molecule has 0 radical (unpaired) electrons. The lowest BCUT2D eigenvalue weighted by Gasteiger charge is -2.55. The van der Waals surface area contributed by atoms with E-state index < -0.39 is 77.7 Å². The fourth-order valence-electron chi connectivity index (χ4n) is 17.0. The molecule has 9 heteroatoms. The Kier molecular flexibility index (Phi) is 22.3. The molecule has 13 rings (SSSR count). The van der Waals surface area contributed by atoms with Crippen molar-refractivity contribution in [2.24, 2.45) is 0 Å². The predicted octanol–water partition coefficient (Wildman–Crippen LogP) is 20.3. The average molecular weight is 1430 g/mol. The van der Waals surface area contributed by atoms with Gasteiger partial charge in [-0.15, -0.1) is 0 Å². The number of aliphatic hydroxyl groups is 2. The summed E-state index contributed by atoms with van der Waals surface area (Å²) >= 11 is 0. The number of ether oxygens (including phenoxy) is 1. The van der Waals surface area contributed by atoms with E-state index in [1.807, 2.05) is 91.9 Å². The molecule has 0 aliphatic rings. The highest BCUT2D eigenvalue weighted by molar-refractivity contribution is 5.66. The Morgan fingerprint density at radius 3 is 0.944 bits per heavy atom. The van der Waals surface area contributed by atoms with Gasteiger partial charge >= 0.3 is 17.1 Å². The first-order chi connectivity index (χ1) is 52.2. The summed E-state index contributed by atoms with van der Waals surface area (Å²) in [6.45, 7) is 23.6. The van der Waals surface area contributed by atoms with Gasteiger partial charge in [0.1, 0.15) is 5.75 Å². The van der Waals surface area contributed by atoms with E-state index in [2.05, 4.69) is 282 Å². The van der Waals surface area contributed by atoms with Gasteiger partial charge in [-0.25, -0.2) is 28.1 Å². The molecule has 108 heavy (non-hydrogen) atoms. The van der Waals surface area contributed by atoms with Gasteiger partial charge in [-0.1, -0.05) is 360 Å². The van der Waals surface area contributed by atoms with E-state index in [1.165, 1.54) is 4.57 Å². The van der Waals surface area contributed by atoms with Crippen molar-refractivity contribution in [3.8, 4) is 5.75 Å². The first-order valence-corrected chi connectivity index (χ1v) is 38.1. The van der Waals surface area contributed by atoms with Crippen LogP contribution in [0.2, 0.25) is 0 Å². The molecule has 0 amide bonds. The summed E-state index contributed by atoms with van der Waals surface area (Å²) < 4.78 is 12.9. The number of hydrogen-bond donors (Lipinski definition) is 2. The lowest BCUT2D eigenvalue weighted by molar-refractivity contribution is 0.0102. The SMILES string of the molecule is Cc1ccc(OC(c2ccc(C)cc2C(C)c2ccccc2)(c2ccc(C)cc2C(C)c2ccccc2)C(c2ccc(C)cc2C(C)c2ccccc2)(c2ccc(C)cc2C(C)c2ccccc2)n2c(=O)n(CCO)c(=O)n(C(CO)c3ccc(C)cc3C(C)c3ccccc3)c2=O)c(C(C)c2ccccc2)c1. The fraction of sp³-hybridized carbons (Fsp3) is 0.242. The smallest absolute Gasteiger partial charge is 0.338 e. The van der Waals surface area contributed by atoms with Crippen molar-refractivity contribution >= 4 is 0 Å². The summed E-state index contributed by atoms with van der Waals surface area (Å²) in [6, 6.07) is 98.9. The van der Waals surface area contributed by atoms with Crippen LogP contribution in [-0.2, 0) is 17.7 Å². The maximum absolute atomic E-state index is 19.0. The van der Waals surface area contributed by atoms with Crippen molar-refractivity contribution < 1.29 is 14.9 Å². The van der Waals surface area contributed by atoms with Crippen LogP contribution in [0, 0.1) is 41.5 Å². The fourth-order valence-corrected chi connectivity index (χ4v) is 17.0. The molecule has 2 N–H and O–H groups in total. The second-order valence-electron chi connectivity index (χ2n) is 30.0. The van der Waals surface area contributed by atoms with Crippen molar-refractivity contribution in [1.82, 2.24) is 13.7 Å². The van der Waals surface area contributed by atoms with Crippen LogP contribution in [0.25, 0.3) is 0 Å². The van der Waals surface area contributed by atoms with Crippen LogP contribution in [0.3, 0.4) is 0 Å². The summed E-state index contributed by atoms with van der Waals surface area (Å²) in [4.78, 5) is 54.4. The van der Waals surface area contributed by atoms with Gasteiger partial charge in [-0.3, -0.25) is 0 Å². The molecule has 13 aromatic rings. The normalized spacial score (nSPS) is 14.7. The second kappa shape index (κ2) is 32.1. The first-order valence-electron chi connectivity index (χ1n) is 38.1. The van der Waals surface area contributed by atoms with Gasteiger partial charge in [0.15, 0.2) is 11.1 Å². The Morgan fingerprint density at radius 1 is 0.315 bits per heavy atom. The van der Waals surface area contributed by atoms with Crippen molar-refractivity contribution in [3.63, 3.8) is 0 Å². The van der Waals surface area contributed by atoms with Crippen molar-refractivity contribution in [2.75, 3.05) is 13.2 Å². The monoisotopic (exact) mass is 1430 g/mol. The second-order valence-corrected chi connectivity index (χ2v) is 30.0. The van der Waals surface area contributed by atoms with E-state index in [0.717, 1.165) is 109 Å². The van der Waals surface area contributed by atoms with Crippen LogP contribution in [0.4, 0.5) is 0 Å². The van der Waals surface area contributed by atoms with Crippen LogP contribution in [0.15, 0.2) is 306 Å². The maximum atomic E-state index is 19.0. The standard InChI is InChI=1S/C99H99N3O6/c1-64-43-49-82(83(57-64)70(7)76-31-19-13-20-32-76)93(63-104)101-95(105)100(55-56-103)96(106)102(97(101)107)98(89-50-44-65(2)58-84(89)71(8)77-33-21-14-22-34-77,90-51-45-66(3)59-85(90)72(9)78-35-23-15-24-36-78)99(91-52-46-67(4)60-86(91)73(10)79-37-25-16-26-38-79,92-53-47-68(5)61-87(92)74(11)80-39-27-17-28-40-80)108-94-54-48-69(6)62-88(94)75(12)81-41-29-18-30-42-81/h13-54,57-62,70-75,93,103-104H,55-56,63H2,1-12H3. The molecule has 0 bridgehead atoms. The van der Waals surface area contributed by atoms with Crippen molar-refractivity contribution in [3.05, 3.63) is 451 Å². The van der Waals surface area contributed by atoms with Gasteiger partial charge in [-0.05, 0) is 125 Å². The molecule has 546 valence electrons. The molecule has 12 aromatic carbocycles. The first kappa shape index (κ1) is 75.0. The van der Waals surface area contributed by atoms with E-state index in [-0.39, 0.29) is 11.8 Å². The zero-order valence-electron chi connectivity index (χ0n) is 64.2. The van der Waals surface area contributed by atoms with Crippen LogP contribution in [-0.4, -0.2) is 37.1 Å². The van der Waals surface area contributed by atoms with Gasteiger partial charge in [0.25, 0.3) is 0 Å². The number of aryl methyl sites for hydroxylation is 6. The van der Waals surface area contributed by atoms with Crippen LogP contribution in [0.5, 0.6) is 5.75 Å². The molecule has 0 spiro atoms. The lowest BCUT2D eigenvalue weighted by atomic mass is 9.57. The largest absolute Gasteiger partial charge is 0.474 e. The summed E-state index contributed by atoms with van der Waals surface area (Å²) in [5.41, 5.74) is 11.5. The molecule has 7 unspecified atom stereocenters. The van der Waals surface area contributed by atoms with E-state index in [9.17, 15) is 14.9 Å². The molecule has 1 heterocycles. The molecule has 0 saturated carbocycles. The molecular weight excluding hydrogens is 1330 g/mol. The Balaban J connectivity index is 1.41. The predicted molar refractivity (Wildman–Crippen MR) is 440 cm³/mol. The van der Waals surface area contributed by atoms with Crippen LogP contribution >= 0.6 is 0 Å². The minimum atomic E-state index is -2.43. The van der Waals surface area contributed by atoms with Crippen LogP contribution in [0.1, 0.15) is 211 Å².